The third-order valence-corrected chi connectivity index (χ3v) is 4.58. The number of para-hydroxylation sites is 1. The molecule has 1 atom stereocenters. The van der Waals surface area contributed by atoms with Crippen LogP contribution in [0.25, 0.3) is 6.08 Å². The summed E-state index contributed by atoms with van der Waals surface area (Å²) in [5.74, 6) is -0.208. The first-order valence-electron chi connectivity index (χ1n) is 7.49. The van der Waals surface area contributed by atoms with Gasteiger partial charge in [-0.1, -0.05) is 12.1 Å². The first-order valence-corrected chi connectivity index (χ1v) is 8.37. The van der Waals surface area contributed by atoms with Crippen LogP contribution < -0.4 is 9.47 Å². The monoisotopic (exact) mass is 385 g/mol. The van der Waals surface area contributed by atoms with Gasteiger partial charge in [0.2, 0.25) is 6.10 Å². The summed E-state index contributed by atoms with van der Waals surface area (Å²) in [7, 11) is 1.47. The fraction of sp³-hybridized carbons (Fsp3) is 0.294. The number of methoxy groups -OCH3 is 1. The van der Waals surface area contributed by atoms with Crippen LogP contribution in [0.2, 0.25) is 0 Å². The van der Waals surface area contributed by atoms with Crippen LogP contribution in [-0.2, 0) is 9.53 Å². The van der Waals surface area contributed by atoms with Gasteiger partial charge in [0, 0.05) is 16.6 Å². The number of halogens is 3. The van der Waals surface area contributed by atoms with Gasteiger partial charge in [-0.3, -0.25) is 0 Å². The van der Waals surface area contributed by atoms with Crippen molar-refractivity contribution in [3.63, 3.8) is 0 Å². The normalized spacial score (nSPS) is 14.7. The second-order valence-electron chi connectivity index (χ2n) is 5.49. The molecule has 0 N–H and O–H groups in total. The van der Waals surface area contributed by atoms with Crippen LogP contribution in [0.5, 0.6) is 11.5 Å². The molecular weight excluding hydrogens is 371 g/mol. The highest BCUT2D eigenvalue weighted by Crippen LogP contribution is 2.39. The lowest BCUT2D eigenvalue weighted by atomic mass is 10.1. The number of thiazole rings is 1. The Morgan fingerprint density at radius 2 is 2.15 bits per heavy atom. The zero-order valence-corrected chi connectivity index (χ0v) is 14.6. The Bertz CT molecular complexity index is 860. The molecule has 138 valence electrons. The first-order chi connectivity index (χ1) is 12.3. The molecule has 1 aromatic heterocycles. The van der Waals surface area contributed by atoms with Crippen LogP contribution in [0.3, 0.4) is 0 Å². The average Bonchev–Trinajstić information content (AvgIpc) is 3.03. The second kappa shape index (κ2) is 6.99. The van der Waals surface area contributed by atoms with E-state index >= 15 is 0 Å². The lowest BCUT2D eigenvalue weighted by Crippen LogP contribution is -2.28. The van der Waals surface area contributed by atoms with Crippen LogP contribution in [0, 0.1) is 6.92 Å². The molecule has 26 heavy (non-hydrogen) atoms. The van der Waals surface area contributed by atoms with Gasteiger partial charge in [-0.15, -0.1) is 11.3 Å². The number of hydrogen-bond acceptors (Lipinski definition) is 6. The Balaban J connectivity index is 1.85. The van der Waals surface area contributed by atoms with Crippen molar-refractivity contribution in [3.05, 3.63) is 45.4 Å². The molecule has 0 unspecified atom stereocenters. The van der Waals surface area contributed by atoms with Crippen LogP contribution >= 0.6 is 11.3 Å². The highest BCUT2D eigenvalue weighted by atomic mass is 32.1. The molecule has 1 aliphatic rings. The van der Waals surface area contributed by atoms with Crippen molar-refractivity contribution in [3.8, 4) is 11.5 Å². The highest BCUT2D eigenvalue weighted by molar-refractivity contribution is 7.09. The van der Waals surface area contributed by atoms with Crippen LogP contribution in [0.15, 0.2) is 29.2 Å². The summed E-state index contributed by atoms with van der Waals surface area (Å²) in [4.78, 5) is 16.1. The van der Waals surface area contributed by atoms with E-state index in [1.165, 1.54) is 18.6 Å². The number of nitrogens with zero attached hydrogens (tertiary/aromatic N) is 1. The molecule has 3 rings (SSSR count). The number of rotatable bonds is 4. The largest absolute Gasteiger partial charge is 0.493 e. The molecule has 1 aliphatic heterocycles. The number of alkyl halides is 3. The Morgan fingerprint density at radius 3 is 2.77 bits per heavy atom. The van der Waals surface area contributed by atoms with Crippen molar-refractivity contribution in [2.45, 2.75) is 19.2 Å². The van der Waals surface area contributed by atoms with Crippen molar-refractivity contribution in [1.82, 2.24) is 4.98 Å². The lowest BCUT2D eigenvalue weighted by Gasteiger charge is -2.22. The summed E-state index contributed by atoms with van der Waals surface area (Å²) in [5, 5.41) is 1.15. The van der Waals surface area contributed by atoms with Crippen molar-refractivity contribution < 1.29 is 32.2 Å². The molecule has 1 aromatic carbocycles. The van der Waals surface area contributed by atoms with Crippen LogP contribution in [-0.4, -0.2) is 30.8 Å². The minimum atomic E-state index is -4.77. The van der Waals surface area contributed by atoms with Crippen LogP contribution in [0.1, 0.15) is 22.4 Å². The summed E-state index contributed by atoms with van der Waals surface area (Å²) in [6.45, 7) is 1.35. The van der Waals surface area contributed by atoms with Gasteiger partial charge in [-0.25, -0.2) is 9.78 Å². The van der Waals surface area contributed by atoms with E-state index in [-0.39, 0.29) is 17.2 Å². The molecule has 9 heteroatoms. The van der Waals surface area contributed by atoms with Crippen molar-refractivity contribution in [2.24, 2.45) is 0 Å². The Kier molecular flexibility index (Phi) is 4.90. The van der Waals surface area contributed by atoms with E-state index in [0.29, 0.717) is 22.8 Å². The molecule has 0 radical (unpaired) electrons. The second-order valence-corrected chi connectivity index (χ2v) is 6.38. The number of ether oxygens (including phenoxy) is 3. The number of carbonyl (C=O) groups excluding carboxylic acids is 1. The van der Waals surface area contributed by atoms with E-state index in [1.807, 2.05) is 0 Å². The number of aromatic nitrogens is 1. The van der Waals surface area contributed by atoms with Crippen molar-refractivity contribution in [2.75, 3.05) is 13.7 Å². The molecule has 0 amide bonds. The van der Waals surface area contributed by atoms with E-state index in [0.717, 1.165) is 11.3 Å². The van der Waals surface area contributed by atoms with E-state index in [4.69, 9.17) is 14.2 Å². The molecule has 2 heterocycles. The molecule has 0 bridgehead atoms. The van der Waals surface area contributed by atoms with Crippen LogP contribution in [0.4, 0.5) is 13.2 Å². The van der Waals surface area contributed by atoms with Gasteiger partial charge in [0.15, 0.2) is 11.5 Å². The molecule has 5 nitrogen and oxygen atoms in total. The standard InChI is InChI=1S/C17H14F3NO4S/c1-9-8-26-15(21-9)14(17(18,19)20)25-16(22)11-6-10-4-3-5-12(23-2)13(10)24-7-11/h3-6,8,14H,7H2,1-2H3/t14-/m1/s1. The first kappa shape index (κ1) is 18.2. The van der Waals surface area contributed by atoms with E-state index in [2.05, 4.69) is 4.98 Å². The number of hydrogen-bond donors (Lipinski definition) is 0. The SMILES string of the molecule is COc1cccc2c1OCC(C(=O)O[C@H](c1nc(C)cs1)C(F)(F)F)=C2. The maximum Gasteiger partial charge on any atom is 0.432 e. The Morgan fingerprint density at radius 1 is 1.38 bits per heavy atom. The number of benzene rings is 1. The molecule has 0 saturated carbocycles. The number of esters is 1. The summed E-state index contributed by atoms with van der Waals surface area (Å²) >= 11 is 0.791. The average molecular weight is 385 g/mol. The van der Waals surface area contributed by atoms with E-state index < -0.39 is 18.2 Å². The number of aryl methyl sites for hydroxylation is 1. The third kappa shape index (κ3) is 3.67. The number of carbonyl (C=O) groups is 1. The zero-order valence-electron chi connectivity index (χ0n) is 13.8. The van der Waals surface area contributed by atoms with Gasteiger partial charge >= 0.3 is 12.1 Å². The summed E-state index contributed by atoms with van der Waals surface area (Å²) in [6.07, 6.45) is -5.75. The molecule has 0 saturated heterocycles. The number of fused-ring (bicyclic) bond motifs is 1. The van der Waals surface area contributed by atoms with Gasteiger partial charge < -0.3 is 14.2 Å². The molecule has 2 aromatic rings. The molecule has 0 fully saturated rings. The lowest BCUT2D eigenvalue weighted by molar-refractivity contribution is -0.222. The van der Waals surface area contributed by atoms with Crippen molar-refractivity contribution >= 4 is 23.4 Å². The zero-order chi connectivity index (χ0) is 18.9. The fourth-order valence-electron chi connectivity index (χ4n) is 2.39. The smallest absolute Gasteiger partial charge is 0.432 e. The van der Waals surface area contributed by atoms with Gasteiger partial charge in [-0.05, 0) is 19.1 Å². The van der Waals surface area contributed by atoms with Gasteiger partial charge in [0.1, 0.15) is 11.6 Å². The van der Waals surface area contributed by atoms with Crippen molar-refractivity contribution in [1.29, 1.82) is 0 Å². The molecule has 0 spiro atoms. The summed E-state index contributed by atoms with van der Waals surface area (Å²) in [5.41, 5.74) is 0.931. The quantitative estimate of drug-likeness (QED) is 0.743. The van der Waals surface area contributed by atoms with Gasteiger partial charge in [0.05, 0.1) is 12.7 Å². The van der Waals surface area contributed by atoms with E-state index in [1.54, 1.807) is 25.1 Å². The highest BCUT2D eigenvalue weighted by Gasteiger charge is 2.46. The maximum atomic E-state index is 13.3. The van der Waals surface area contributed by atoms with E-state index in [9.17, 15) is 18.0 Å². The van der Waals surface area contributed by atoms with Gasteiger partial charge in [-0.2, -0.15) is 13.2 Å². The maximum absolute atomic E-state index is 13.3. The molecule has 0 aliphatic carbocycles. The Hall–Kier alpha value is -2.55. The predicted molar refractivity (Wildman–Crippen MR) is 88.2 cm³/mol. The molecular formula is C17H14F3NO4S. The predicted octanol–water partition coefficient (Wildman–Crippen LogP) is 4.08. The Labute approximate surface area is 151 Å². The summed E-state index contributed by atoms with van der Waals surface area (Å²) in [6, 6.07) is 5.03. The minimum absolute atomic E-state index is 0.0201. The fourth-order valence-corrected chi connectivity index (χ4v) is 3.24. The minimum Gasteiger partial charge on any atom is -0.493 e. The van der Waals surface area contributed by atoms with Gasteiger partial charge in [0.25, 0.3) is 0 Å². The third-order valence-electron chi connectivity index (χ3n) is 3.58. The topological polar surface area (TPSA) is 57.7 Å². The summed E-state index contributed by atoms with van der Waals surface area (Å²) < 4.78 is 55.3.